The molecule has 0 heterocycles. The van der Waals surface area contributed by atoms with Crippen LogP contribution < -0.4 is 22.5 Å². The van der Waals surface area contributed by atoms with Gasteiger partial charge in [0, 0.05) is 39.7 Å². The van der Waals surface area contributed by atoms with Crippen LogP contribution in [0.3, 0.4) is 0 Å². The summed E-state index contributed by atoms with van der Waals surface area (Å²) in [5.41, 5.74) is 18.4. The van der Waals surface area contributed by atoms with Gasteiger partial charge in [0.25, 0.3) is 0 Å². The van der Waals surface area contributed by atoms with E-state index in [-0.39, 0.29) is 30.9 Å². The van der Waals surface area contributed by atoms with Crippen molar-refractivity contribution in [2.75, 3.05) is 26.2 Å². The lowest BCUT2D eigenvalue weighted by Gasteiger charge is -2.25. The van der Waals surface area contributed by atoms with Crippen LogP contribution >= 0.6 is 46.4 Å². The number of nitrogens with two attached hydrogens (primary N) is 3. The molecule has 0 aliphatic heterocycles. The van der Waals surface area contributed by atoms with E-state index in [1.807, 2.05) is 6.07 Å². The van der Waals surface area contributed by atoms with Gasteiger partial charge < -0.3 is 27.4 Å². The third kappa shape index (κ3) is 10.4. The molecule has 0 saturated carbocycles. The lowest BCUT2D eigenvalue weighted by atomic mass is 10.1. The van der Waals surface area contributed by atoms with E-state index in [2.05, 4.69) is 10.3 Å². The first-order chi connectivity index (χ1) is 17.1. The van der Waals surface area contributed by atoms with E-state index >= 15 is 0 Å². The van der Waals surface area contributed by atoms with E-state index in [1.54, 1.807) is 30.3 Å². The van der Waals surface area contributed by atoms with Gasteiger partial charge in [0.2, 0.25) is 11.8 Å². The van der Waals surface area contributed by atoms with Crippen LogP contribution in [0.25, 0.3) is 0 Å². The van der Waals surface area contributed by atoms with Gasteiger partial charge in [-0.15, -0.1) is 0 Å². The number of amides is 2. The van der Waals surface area contributed by atoms with Crippen LogP contribution in [0.1, 0.15) is 24.0 Å². The quantitative estimate of drug-likeness (QED) is 0.165. The van der Waals surface area contributed by atoms with Crippen molar-refractivity contribution >= 4 is 64.2 Å². The second-order valence-corrected chi connectivity index (χ2v) is 9.82. The topological polar surface area (TPSA) is 140 Å². The van der Waals surface area contributed by atoms with E-state index < -0.39 is 6.04 Å². The third-order valence-corrected chi connectivity index (χ3v) is 6.50. The summed E-state index contributed by atoms with van der Waals surface area (Å²) >= 11 is 24.4. The second-order valence-electron chi connectivity index (χ2n) is 8.14. The second kappa shape index (κ2) is 15.1. The first-order valence-corrected chi connectivity index (χ1v) is 12.8. The number of nitrogens with zero attached hydrogens (tertiary/aromatic N) is 2. The Morgan fingerprint density at radius 1 is 0.944 bits per heavy atom. The van der Waals surface area contributed by atoms with Gasteiger partial charge in [-0.1, -0.05) is 58.5 Å². The van der Waals surface area contributed by atoms with Crippen molar-refractivity contribution in [1.82, 2.24) is 10.2 Å². The number of carbonyl (C=O) groups excluding carboxylic acids is 2. The largest absolute Gasteiger partial charge is 0.370 e. The van der Waals surface area contributed by atoms with Gasteiger partial charge in [-0.3, -0.25) is 14.6 Å². The number of hydrogen-bond donors (Lipinski definition) is 4. The minimum absolute atomic E-state index is 0.0204. The molecule has 196 valence electrons. The molecule has 7 N–H and O–H groups in total. The predicted molar refractivity (Wildman–Crippen MR) is 148 cm³/mol. The average Bonchev–Trinajstić information content (AvgIpc) is 2.81. The monoisotopic (exact) mass is 574 g/mol. The van der Waals surface area contributed by atoms with Gasteiger partial charge >= 0.3 is 0 Å². The summed E-state index contributed by atoms with van der Waals surface area (Å²) in [6, 6.07) is 9.54. The minimum atomic E-state index is -0.805. The van der Waals surface area contributed by atoms with Crippen LogP contribution in [-0.4, -0.2) is 54.9 Å². The number of rotatable bonds is 13. The van der Waals surface area contributed by atoms with Crippen molar-refractivity contribution in [3.8, 4) is 0 Å². The average molecular weight is 576 g/mol. The zero-order chi connectivity index (χ0) is 26.7. The van der Waals surface area contributed by atoms with Crippen molar-refractivity contribution in [3.05, 3.63) is 67.6 Å². The molecule has 12 heteroatoms. The van der Waals surface area contributed by atoms with Gasteiger partial charge in [0.05, 0.1) is 12.6 Å². The summed E-state index contributed by atoms with van der Waals surface area (Å²) in [4.78, 5) is 31.1. The smallest absolute Gasteiger partial charge is 0.239 e. The van der Waals surface area contributed by atoms with Gasteiger partial charge in [0.15, 0.2) is 5.96 Å². The van der Waals surface area contributed by atoms with Crippen LogP contribution in [-0.2, 0) is 22.4 Å². The summed E-state index contributed by atoms with van der Waals surface area (Å²) in [6.07, 6.45) is 1.83. The number of nitrogens with one attached hydrogen (secondary N) is 1. The van der Waals surface area contributed by atoms with Gasteiger partial charge in [0.1, 0.15) is 0 Å². The van der Waals surface area contributed by atoms with Crippen LogP contribution in [0.5, 0.6) is 0 Å². The van der Waals surface area contributed by atoms with Crippen molar-refractivity contribution in [2.24, 2.45) is 22.2 Å². The summed E-state index contributed by atoms with van der Waals surface area (Å²) in [6.45, 7) is 0.797. The van der Waals surface area contributed by atoms with Crippen molar-refractivity contribution in [2.45, 2.75) is 31.7 Å². The highest BCUT2D eigenvalue weighted by molar-refractivity contribution is 6.35. The normalized spacial score (nSPS) is 11.6. The van der Waals surface area contributed by atoms with Gasteiger partial charge in [-0.2, -0.15) is 0 Å². The SMILES string of the molecule is NC(N)=NCCC[C@H](N)C(=O)N(CCc1ccc(Cl)cc1Cl)CC(=O)NCCc1ccc(Cl)cc1Cl. The van der Waals surface area contributed by atoms with E-state index in [0.29, 0.717) is 58.9 Å². The van der Waals surface area contributed by atoms with Crippen LogP contribution in [0, 0.1) is 0 Å². The Labute approximate surface area is 231 Å². The Balaban J connectivity index is 1.99. The molecule has 8 nitrogen and oxygen atoms in total. The molecule has 0 bridgehead atoms. The van der Waals surface area contributed by atoms with Crippen LogP contribution in [0.4, 0.5) is 0 Å². The lowest BCUT2D eigenvalue weighted by Crippen LogP contribution is -2.48. The number of benzene rings is 2. The maximum atomic E-state index is 13.1. The fourth-order valence-corrected chi connectivity index (χ4v) is 4.42. The first-order valence-electron chi connectivity index (χ1n) is 11.3. The molecule has 0 fully saturated rings. The number of aliphatic imine (C=N–C) groups is 1. The third-order valence-electron chi connectivity index (χ3n) is 5.33. The maximum Gasteiger partial charge on any atom is 0.239 e. The Hall–Kier alpha value is -2.23. The molecule has 0 spiro atoms. The summed E-state index contributed by atoms with van der Waals surface area (Å²) in [5, 5.41) is 4.89. The molecule has 0 aromatic heterocycles. The molecule has 2 aromatic rings. The summed E-state index contributed by atoms with van der Waals surface area (Å²) < 4.78 is 0. The number of halogens is 4. The fraction of sp³-hybridized carbons (Fsp3) is 0.375. The molecule has 36 heavy (non-hydrogen) atoms. The Morgan fingerprint density at radius 3 is 2.08 bits per heavy atom. The van der Waals surface area contributed by atoms with E-state index in [9.17, 15) is 9.59 Å². The molecule has 0 radical (unpaired) electrons. The summed E-state index contributed by atoms with van der Waals surface area (Å²) in [7, 11) is 0. The zero-order valence-corrected chi connectivity index (χ0v) is 22.7. The van der Waals surface area contributed by atoms with Crippen LogP contribution in [0.15, 0.2) is 41.4 Å². The fourth-order valence-electron chi connectivity index (χ4n) is 3.41. The molecule has 0 aliphatic carbocycles. The highest BCUT2D eigenvalue weighted by Gasteiger charge is 2.23. The molecular formula is C24H30Cl4N6O2. The molecule has 2 aromatic carbocycles. The molecule has 0 unspecified atom stereocenters. The number of hydrogen-bond acceptors (Lipinski definition) is 4. The van der Waals surface area contributed by atoms with Gasteiger partial charge in [-0.25, -0.2) is 0 Å². The number of carbonyl (C=O) groups is 2. The molecular weight excluding hydrogens is 546 g/mol. The van der Waals surface area contributed by atoms with Crippen molar-refractivity contribution in [3.63, 3.8) is 0 Å². The molecule has 2 rings (SSSR count). The summed E-state index contributed by atoms with van der Waals surface area (Å²) in [5.74, 6) is -0.683. The zero-order valence-electron chi connectivity index (χ0n) is 19.7. The Kier molecular flexibility index (Phi) is 12.6. The molecule has 0 saturated heterocycles. The first kappa shape index (κ1) is 30.0. The van der Waals surface area contributed by atoms with Crippen molar-refractivity contribution in [1.29, 1.82) is 0 Å². The van der Waals surface area contributed by atoms with E-state index in [4.69, 9.17) is 63.6 Å². The van der Waals surface area contributed by atoms with E-state index in [0.717, 1.165) is 11.1 Å². The minimum Gasteiger partial charge on any atom is -0.370 e. The molecule has 0 aliphatic rings. The standard InChI is InChI=1S/C24H30Cl4N6O2/c25-17-5-3-15(19(27)12-17)7-10-32-22(35)14-34(11-8-16-4-6-18(26)13-20(16)28)23(36)21(29)2-1-9-33-24(30)31/h3-6,12-13,21H,1-2,7-11,14,29H2,(H,32,35)(H4,30,31,33)/t21-/m0/s1. The highest BCUT2D eigenvalue weighted by Crippen LogP contribution is 2.22. The highest BCUT2D eigenvalue weighted by atomic mass is 35.5. The Morgan fingerprint density at radius 2 is 1.53 bits per heavy atom. The van der Waals surface area contributed by atoms with Crippen molar-refractivity contribution < 1.29 is 9.59 Å². The maximum absolute atomic E-state index is 13.1. The van der Waals surface area contributed by atoms with Gasteiger partial charge in [-0.05, 0) is 61.1 Å². The van der Waals surface area contributed by atoms with Crippen LogP contribution in [0.2, 0.25) is 20.1 Å². The molecule has 2 amide bonds. The predicted octanol–water partition coefficient (Wildman–Crippen LogP) is 3.41. The Bertz CT molecular complexity index is 1080. The lowest BCUT2D eigenvalue weighted by molar-refractivity contribution is -0.137. The van der Waals surface area contributed by atoms with E-state index in [1.165, 1.54) is 4.90 Å². The number of guanidine groups is 1. The molecule has 1 atom stereocenters.